The molecule has 1 aliphatic carbocycles. The molecule has 6 nitrogen and oxygen atoms in total. The monoisotopic (exact) mass is 516 g/mol. The predicted octanol–water partition coefficient (Wildman–Crippen LogP) is 5.09. The van der Waals surface area contributed by atoms with Crippen LogP contribution < -0.4 is 14.8 Å². The molecule has 2 aromatic rings. The van der Waals surface area contributed by atoms with Gasteiger partial charge in [0.2, 0.25) is 5.91 Å². The first-order valence-electron chi connectivity index (χ1n) is 11.6. The molecule has 178 valence electrons. The normalized spacial score (nSPS) is 14.9. The third kappa shape index (κ3) is 7.49. The summed E-state index contributed by atoms with van der Waals surface area (Å²) in [6, 6.07) is 14.5. The molecule has 0 bridgehead atoms. The molecule has 1 atom stereocenters. The Bertz CT molecular complexity index is 913. The number of rotatable bonds is 10. The van der Waals surface area contributed by atoms with E-state index < -0.39 is 6.04 Å². The predicted molar refractivity (Wildman–Crippen MR) is 132 cm³/mol. The van der Waals surface area contributed by atoms with E-state index in [0.717, 1.165) is 35.7 Å². The molecule has 0 saturated heterocycles. The highest BCUT2D eigenvalue weighted by Gasteiger charge is 2.30. The van der Waals surface area contributed by atoms with Gasteiger partial charge in [-0.05, 0) is 61.2 Å². The third-order valence-electron chi connectivity index (χ3n) is 6.00. The smallest absolute Gasteiger partial charge is 0.261 e. The van der Waals surface area contributed by atoms with Gasteiger partial charge in [0, 0.05) is 17.1 Å². The SMILES string of the molecule is CC[C@@H](C(=O)NC1CCCCC1)N(Cc1cccc(OC)c1)C(=O)COc1ccc(Br)cc1. The van der Waals surface area contributed by atoms with E-state index in [1.165, 1.54) is 6.42 Å². The second-order valence-corrected chi connectivity index (χ2v) is 9.30. The average Bonchev–Trinajstić information content (AvgIpc) is 2.84. The fourth-order valence-corrected chi connectivity index (χ4v) is 4.45. The summed E-state index contributed by atoms with van der Waals surface area (Å²) in [5, 5.41) is 3.19. The number of hydrogen-bond donors (Lipinski definition) is 1. The molecule has 7 heteroatoms. The summed E-state index contributed by atoms with van der Waals surface area (Å²) in [5.41, 5.74) is 0.898. The van der Waals surface area contributed by atoms with Gasteiger partial charge in [-0.1, -0.05) is 54.2 Å². The Morgan fingerprint density at radius 1 is 1.09 bits per heavy atom. The second kappa shape index (κ2) is 12.6. The van der Waals surface area contributed by atoms with Crippen LogP contribution in [0.2, 0.25) is 0 Å². The minimum atomic E-state index is -0.570. The number of halogens is 1. The van der Waals surface area contributed by atoms with Crippen molar-refractivity contribution in [2.24, 2.45) is 0 Å². The second-order valence-electron chi connectivity index (χ2n) is 8.38. The molecule has 2 aromatic carbocycles. The lowest BCUT2D eigenvalue weighted by molar-refractivity contribution is -0.143. The molecule has 1 N–H and O–H groups in total. The van der Waals surface area contributed by atoms with Gasteiger partial charge in [0.1, 0.15) is 17.5 Å². The van der Waals surface area contributed by atoms with Gasteiger partial charge < -0.3 is 19.7 Å². The van der Waals surface area contributed by atoms with Crippen LogP contribution in [0.3, 0.4) is 0 Å². The van der Waals surface area contributed by atoms with Crippen LogP contribution in [0.5, 0.6) is 11.5 Å². The maximum absolute atomic E-state index is 13.3. The standard InChI is InChI=1S/C26H33BrN2O4/c1-3-24(26(31)28-21-9-5-4-6-10-21)29(17-19-8-7-11-23(16-19)32-2)25(30)18-33-22-14-12-20(27)13-15-22/h7-8,11-16,21,24H,3-6,9-10,17-18H2,1-2H3,(H,28,31)/t24-/m0/s1. The summed E-state index contributed by atoms with van der Waals surface area (Å²) >= 11 is 3.40. The molecule has 0 heterocycles. The Hall–Kier alpha value is -2.54. The highest BCUT2D eigenvalue weighted by atomic mass is 79.9. The van der Waals surface area contributed by atoms with Crippen LogP contribution in [0.4, 0.5) is 0 Å². The van der Waals surface area contributed by atoms with E-state index in [4.69, 9.17) is 9.47 Å². The highest BCUT2D eigenvalue weighted by molar-refractivity contribution is 9.10. The Balaban J connectivity index is 1.76. The topological polar surface area (TPSA) is 67.9 Å². The Kier molecular flexibility index (Phi) is 9.61. The van der Waals surface area contributed by atoms with Gasteiger partial charge in [0.15, 0.2) is 6.61 Å². The molecule has 2 amide bonds. The summed E-state index contributed by atoms with van der Waals surface area (Å²) in [6.07, 6.45) is 6.01. The number of hydrogen-bond acceptors (Lipinski definition) is 4. The quantitative estimate of drug-likeness (QED) is 0.477. The number of amides is 2. The fourth-order valence-electron chi connectivity index (χ4n) is 4.19. The molecule has 1 aliphatic rings. The number of nitrogens with zero attached hydrogens (tertiary/aromatic N) is 1. The first-order chi connectivity index (χ1) is 16.0. The largest absolute Gasteiger partial charge is 0.497 e. The van der Waals surface area contributed by atoms with Crippen LogP contribution in [0.15, 0.2) is 53.0 Å². The van der Waals surface area contributed by atoms with Crippen LogP contribution in [-0.2, 0) is 16.1 Å². The van der Waals surface area contributed by atoms with Crippen LogP contribution in [0.1, 0.15) is 51.0 Å². The third-order valence-corrected chi connectivity index (χ3v) is 6.53. The zero-order valence-corrected chi connectivity index (χ0v) is 21.0. The van der Waals surface area contributed by atoms with Crippen molar-refractivity contribution < 1.29 is 19.1 Å². The number of carbonyl (C=O) groups excluding carboxylic acids is 2. The number of benzene rings is 2. The lowest BCUT2D eigenvalue weighted by Crippen LogP contribution is -2.52. The highest BCUT2D eigenvalue weighted by Crippen LogP contribution is 2.21. The first kappa shape index (κ1) is 25.1. The summed E-state index contributed by atoms with van der Waals surface area (Å²) in [4.78, 5) is 28.2. The van der Waals surface area contributed by atoms with Crippen molar-refractivity contribution in [3.8, 4) is 11.5 Å². The van der Waals surface area contributed by atoms with Crippen LogP contribution in [0, 0.1) is 0 Å². The summed E-state index contributed by atoms with van der Waals surface area (Å²) < 4.78 is 12.0. The minimum absolute atomic E-state index is 0.0933. The number of ether oxygens (including phenoxy) is 2. The van der Waals surface area contributed by atoms with E-state index in [2.05, 4.69) is 21.2 Å². The lowest BCUT2D eigenvalue weighted by Gasteiger charge is -2.32. The van der Waals surface area contributed by atoms with Gasteiger partial charge in [0.25, 0.3) is 5.91 Å². The van der Waals surface area contributed by atoms with Crippen LogP contribution in [-0.4, -0.2) is 42.5 Å². The van der Waals surface area contributed by atoms with E-state index in [9.17, 15) is 9.59 Å². The van der Waals surface area contributed by atoms with Crippen molar-refractivity contribution in [1.82, 2.24) is 10.2 Å². The van der Waals surface area contributed by atoms with Gasteiger partial charge in [0.05, 0.1) is 7.11 Å². The maximum Gasteiger partial charge on any atom is 0.261 e. The summed E-state index contributed by atoms with van der Waals surface area (Å²) in [6.45, 7) is 2.10. The number of carbonyl (C=O) groups is 2. The first-order valence-corrected chi connectivity index (χ1v) is 12.4. The molecule has 0 unspecified atom stereocenters. The maximum atomic E-state index is 13.3. The average molecular weight is 517 g/mol. The lowest BCUT2D eigenvalue weighted by atomic mass is 9.95. The molecule has 1 fully saturated rings. The van der Waals surface area contributed by atoms with Crippen molar-refractivity contribution in [3.63, 3.8) is 0 Å². The molecule has 0 spiro atoms. The Morgan fingerprint density at radius 2 is 1.82 bits per heavy atom. The molecule has 0 aliphatic heterocycles. The molecule has 0 radical (unpaired) electrons. The van der Waals surface area contributed by atoms with E-state index in [1.807, 2.05) is 43.3 Å². The Morgan fingerprint density at radius 3 is 2.48 bits per heavy atom. The summed E-state index contributed by atoms with van der Waals surface area (Å²) in [5.74, 6) is 0.994. The van der Waals surface area contributed by atoms with Gasteiger partial charge in [-0.2, -0.15) is 0 Å². The van der Waals surface area contributed by atoms with Crippen molar-refractivity contribution in [2.45, 2.75) is 64.1 Å². The Labute approximate surface area is 204 Å². The van der Waals surface area contributed by atoms with E-state index in [1.54, 1.807) is 24.1 Å². The van der Waals surface area contributed by atoms with Gasteiger partial charge in [-0.25, -0.2) is 0 Å². The molecular formula is C26H33BrN2O4. The molecular weight excluding hydrogens is 484 g/mol. The van der Waals surface area contributed by atoms with Crippen LogP contribution >= 0.6 is 15.9 Å². The van der Waals surface area contributed by atoms with Gasteiger partial charge in [-0.3, -0.25) is 9.59 Å². The number of nitrogens with one attached hydrogen (secondary N) is 1. The van der Waals surface area contributed by atoms with E-state index in [-0.39, 0.29) is 24.5 Å². The zero-order valence-electron chi connectivity index (χ0n) is 19.4. The van der Waals surface area contributed by atoms with Crippen molar-refractivity contribution in [1.29, 1.82) is 0 Å². The zero-order chi connectivity index (χ0) is 23.6. The number of methoxy groups -OCH3 is 1. The van der Waals surface area contributed by atoms with E-state index >= 15 is 0 Å². The van der Waals surface area contributed by atoms with Gasteiger partial charge in [-0.15, -0.1) is 0 Å². The van der Waals surface area contributed by atoms with Crippen molar-refractivity contribution in [2.75, 3.05) is 13.7 Å². The van der Waals surface area contributed by atoms with Crippen LogP contribution in [0.25, 0.3) is 0 Å². The molecule has 33 heavy (non-hydrogen) atoms. The molecule has 0 aromatic heterocycles. The fraction of sp³-hybridized carbons (Fsp3) is 0.462. The summed E-state index contributed by atoms with van der Waals surface area (Å²) in [7, 11) is 1.61. The van der Waals surface area contributed by atoms with Crippen molar-refractivity contribution >= 4 is 27.7 Å². The van der Waals surface area contributed by atoms with Crippen molar-refractivity contribution in [3.05, 3.63) is 58.6 Å². The molecule has 1 saturated carbocycles. The van der Waals surface area contributed by atoms with Gasteiger partial charge >= 0.3 is 0 Å². The molecule has 3 rings (SSSR count). The minimum Gasteiger partial charge on any atom is -0.497 e. The van der Waals surface area contributed by atoms with E-state index in [0.29, 0.717) is 24.5 Å².